The summed E-state index contributed by atoms with van der Waals surface area (Å²) in [6, 6.07) is 0. The van der Waals surface area contributed by atoms with Crippen molar-refractivity contribution >= 4 is 5.91 Å². The van der Waals surface area contributed by atoms with Gasteiger partial charge in [0.1, 0.15) is 0 Å². The molecular weight excluding hydrogens is 302 g/mol. The average molecular weight is 338 g/mol. The largest absolute Gasteiger partial charge is 0.381 e. The number of hydrogen-bond donors (Lipinski definition) is 1. The highest BCUT2D eigenvalue weighted by Gasteiger charge is 2.42. The van der Waals surface area contributed by atoms with Gasteiger partial charge in [-0.15, -0.1) is 0 Å². The molecule has 0 aromatic carbocycles. The number of hydrogen-bond acceptors (Lipinski definition) is 4. The zero-order chi connectivity index (χ0) is 16.8. The van der Waals surface area contributed by atoms with Crippen LogP contribution in [0.4, 0.5) is 0 Å². The molecular formula is C19H35N3O2. The lowest BCUT2D eigenvalue weighted by Gasteiger charge is -2.42. The third kappa shape index (κ3) is 4.30. The molecule has 1 atom stereocenters. The van der Waals surface area contributed by atoms with Crippen molar-refractivity contribution in [3.05, 3.63) is 0 Å². The van der Waals surface area contributed by atoms with Crippen molar-refractivity contribution < 1.29 is 9.53 Å². The van der Waals surface area contributed by atoms with E-state index in [1.807, 2.05) is 0 Å². The van der Waals surface area contributed by atoms with E-state index in [1.54, 1.807) is 0 Å². The van der Waals surface area contributed by atoms with Crippen LogP contribution in [0.2, 0.25) is 0 Å². The van der Waals surface area contributed by atoms with Crippen LogP contribution in [-0.4, -0.2) is 68.2 Å². The van der Waals surface area contributed by atoms with Crippen LogP contribution in [0, 0.1) is 11.3 Å². The van der Waals surface area contributed by atoms with Crippen LogP contribution in [0.25, 0.3) is 0 Å². The Labute approximate surface area is 146 Å². The normalized spacial score (nSPS) is 29.2. The van der Waals surface area contributed by atoms with Crippen molar-refractivity contribution in [1.82, 2.24) is 9.80 Å². The molecule has 0 saturated carbocycles. The summed E-state index contributed by atoms with van der Waals surface area (Å²) in [5, 5.41) is 0. The molecule has 1 amide bonds. The first-order valence-electron chi connectivity index (χ1n) is 10.0. The van der Waals surface area contributed by atoms with E-state index in [2.05, 4.69) is 9.80 Å². The molecule has 3 saturated heterocycles. The summed E-state index contributed by atoms with van der Waals surface area (Å²) in [4.78, 5) is 17.9. The molecule has 0 aromatic rings. The van der Waals surface area contributed by atoms with Crippen LogP contribution in [0.1, 0.15) is 51.4 Å². The van der Waals surface area contributed by atoms with E-state index < -0.39 is 0 Å². The Morgan fingerprint density at radius 3 is 2.42 bits per heavy atom. The van der Waals surface area contributed by atoms with E-state index >= 15 is 0 Å². The standard InChI is InChI=1S/C19H35N3O2/c20-16-19(7-12-24-13-8-19)18(23)22-11-5-6-17(15-22)14-21-9-3-1-2-4-10-21/h17H,1-16,20H2. The maximum Gasteiger partial charge on any atom is 0.230 e. The van der Waals surface area contributed by atoms with Gasteiger partial charge in [-0.2, -0.15) is 0 Å². The fourth-order valence-electron chi connectivity index (χ4n) is 4.69. The molecule has 3 rings (SSSR count). The number of carbonyl (C=O) groups excluding carboxylic acids is 1. The van der Waals surface area contributed by atoms with Gasteiger partial charge < -0.3 is 20.3 Å². The molecule has 138 valence electrons. The second-order valence-corrected chi connectivity index (χ2v) is 8.07. The molecule has 24 heavy (non-hydrogen) atoms. The zero-order valence-electron chi connectivity index (χ0n) is 15.2. The van der Waals surface area contributed by atoms with Crippen molar-refractivity contribution in [3.8, 4) is 0 Å². The lowest BCUT2D eigenvalue weighted by atomic mass is 9.78. The molecule has 5 heteroatoms. The van der Waals surface area contributed by atoms with Crippen molar-refractivity contribution in [2.75, 3.05) is 52.5 Å². The first-order chi connectivity index (χ1) is 11.7. The maximum absolute atomic E-state index is 13.2. The van der Waals surface area contributed by atoms with E-state index in [4.69, 9.17) is 10.5 Å². The van der Waals surface area contributed by atoms with Crippen LogP contribution in [-0.2, 0) is 9.53 Å². The quantitative estimate of drug-likeness (QED) is 0.851. The Kier molecular flexibility index (Phi) is 6.53. The Hall–Kier alpha value is -0.650. The minimum atomic E-state index is -0.358. The third-order valence-electron chi connectivity index (χ3n) is 6.32. The Balaban J connectivity index is 1.56. The molecule has 3 aliphatic rings. The number of rotatable bonds is 4. The smallest absolute Gasteiger partial charge is 0.230 e. The summed E-state index contributed by atoms with van der Waals surface area (Å²) < 4.78 is 5.46. The second kappa shape index (κ2) is 8.63. The van der Waals surface area contributed by atoms with E-state index in [-0.39, 0.29) is 5.41 Å². The van der Waals surface area contributed by atoms with Crippen LogP contribution in [0.15, 0.2) is 0 Å². The molecule has 3 heterocycles. The van der Waals surface area contributed by atoms with E-state index in [9.17, 15) is 4.79 Å². The summed E-state index contributed by atoms with van der Waals surface area (Å²) in [5.74, 6) is 0.935. The molecule has 0 spiro atoms. The average Bonchev–Trinajstić information content (AvgIpc) is 2.90. The number of carbonyl (C=O) groups is 1. The number of piperidine rings is 1. The monoisotopic (exact) mass is 337 g/mol. The minimum Gasteiger partial charge on any atom is -0.381 e. The number of amides is 1. The van der Waals surface area contributed by atoms with Crippen molar-refractivity contribution in [2.24, 2.45) is 17.1 Å². The summed E-state index contributed by atoms with van der Waals surface area (Å²) >= 11 is 0. The fraction of sp³-hybridized carbons (Fsp3) is 0.947. The molecule has 0 aliphatic carbocycles. The number of ether oxygens (including phenoxy) is 1. The van der Waals surface area contributed by atoms with Crippen molar-refractivity contribution in [3.63, 3.8) is 0 Å². The zero-order valence-corrected chi connectivity index (χ0v) is 15.2. The highest BCUT2D eigenvalue weighted by molar-refractivity contribution is 5.83. The van der Waals surface area contributed by atoms with Gasteiger partial charge in [-0.05, 0) is 57.5 Å². The summed E-state index contributed by atoms with van der Waals surface area (Å²) in [7, 11) is 0. The Morgan fingerprint density at radius 2 is 1.75 bits per heavy atom. The number of nitrogens with zero attached hydrogens (tertiary/aromatic N) is 2. The van der Waals surface area contributed by atoms with Gasteiger partial charge in [0.15, 0.2) is 0 Å². The first kappa shape index (κ1) is 18.2. The van der Waals surface area contributed by atoms with Gasteiger partial charge in [-0.3, -0.25) is 4.79 Å². The fourth-order valence-corrected chi connectivity index (χ4v) is 4.69. The first-order valence-corrected chi connectivity index (χ1v) is 10.0. The van der Waals surface area contributed by atoms with E-state index in [1.165, 1.54) is 51.7 Å². The van der Waals surface area contributed by atoms with Crippen molar-refractivity contribution in [1.29, 1.82) is 0 Å². The molecule has 3 aliphatic heterocycles. The van der Waals surface area contributed by atoms with Gasteiger partial charge in [-0.25, -0.2) is 0 Å². The van der Waals surface area contributed by atoms with E-state index in [0.717, 1.165) is 32.4 Å². The van der Waals surface area contributed by atoms with Gasteiger partial charge in [0.25, 0.3) is 0 Å². The van der Waals surface area contributed by atoms with Gasteiger partial charge in [0.2, 0.25) is 5.91 Å². The highest BCUT2D eigenvalue weighted by atomic mass is 16.5. The lowest BCUT2D eigenvalue weighted by Crippen LogP contribution is -2.54. The van der Waals surface area contributed by atoms with Crippen molar-refractivity contribution in [2.45, 2.75) is 51.4 Å². The number of likely N-dealkylation sites (tertiary alicyclic amines) is 2. The van der Waals surface area contributed by atoms with E-state index in [0.29, 0.717) is 31.6 Å². The topological polar surface area (TPSA) is 58.8 Å². The molecule has 1 unspecified atom stereocenters. The Bertz CT molecular complexity index is 401. The molecule has 5 nitrogen and oxygen atoms in total. The third-order valence-corrected chi connectivity index (χ3v) is 6.32. The van der Waals surface area contributed by atoms with Gasteiger partial charge in [-0.1, -0.05) is 12.8 Å². The SMILES string of the molecule is NCC1(C(=O)N2CCCC(CN3CCCCCC3)C2)CCOCC1. The van der Waals surface area contributed by atoms with Crippen LogP contribution < -0.4 is 5.73 Å². The second-order valence-electron chi connectivity index (χ2n) is 8.07. The summed E-state index contributed by atoms with van der Waals surface area (Å²) in [5.41, 5.74) is 5.68. The predicted molar refractivity (Wildman–Crippen MR) is 95.8 cm³/mol. The number of nitrogens with two attached hydrogens (primary N) is 1. The molecule has 0 aromatic heterocycles. The van der Waals surface area contributed by atoms with Crippen LogP contribution >= 0.6 is 0 Å². The van der Waals surface area contributed by atoms with Crippen LogP contribution in [0.5, 0.6) is 0 Å². The molecule has 0 bridgehead atoms. The lowest BCUT2D eigenvalue weighted by molar-refractivity contribution is -0.149. The maximum atomic E-state index is 13.2. The molecule has 0 radical (unpaired) electrons. The van der Waals surface area contributed by atoms with Crippen LogP contribution in [0.3, 0.4) is 0 Å². The summed E-state index contributed by atoms with van der Waals surface area (Å²) in [6.45, 7) is 7.31. The van der Waals surface area contributed by atoms with Gasteiger partial charge in [0.05, 0.1) is 5.41 Å². The molecule has 2 N–H and O–H groups in total. The highest BCUT2D eigenvalue weighted by Crippen LogP contribution is 2.33. The minimum absolute atomic E-state index is 0.300. The Morgan fingerprint density at radius 1 is 1.04 bits per heavy atom. The predicted octanol–water partition coefficient (Wildman–Crippen LogP) is 1.86. The molecule has 3 fully saturated rings. The van der Waals surface area contributed by atoms with Gasteiger partial charge in [0, 0.05) is 39.4 Å². The van der Waals surface area contributed by atoms with Gasteiger partial charge >= 0.3 is 0 Å². The summed E-state index contributed by atoms with van der Waals surface area (Å²) in [6.07, 6.45) is 9.42.